The number of quaternary nitrogens is 1. The lowest BCUT2D eigenvalue weighted by Crippen LogP contribution is -3.00. The summed E-state index contributed by atoms with van der Waals surface area (Å²) >= 11 is 6.03. The minimum Gasteiger partial charge on any atom is -1.00 e. The highest BCUT2D eigenvalue weighted by Gasteiger charge is 2.18. The highest BCUT2D eigenvalue weighted by atomic mass is 79.9. The first-order chi connectivity index (χ1) is 20.2. The van der Waals surface area contributed by atoms with E-state index in [0.29, 0.717) is 44.1 Å². The van der Waals surface area contributed by atoms with Crippen LogP contribution in [0.5, 0.6) is 0 Å². The number of benzene rings is 2. The Kier molecular flexibility index (Phi) is 13.1. The van der Waals surface area contributed by atoms with Gasteiger partial charge in [0.1, 0.15) is 24.5 Å². The molecule has 1 aliphatic rings. The summed E-state index contributed by atoms with van der Waals surface area (Å²) < 4.78 is 22.3. The Labute approximate surface area is 267 Å². The van der Waals surface area contributed by atoms with Gasteiger partial charge in [0.2, 0.25) is 11.3 Å². The van der Waals surface area contributed by atoms with Crippen LogP contribution in [-0.4, -0.2) is 67.8 Å². The van der Waals surface area contributed by atoms with Crippen molar-refractivity contribution < 1.29 is 40.2 Å². The van der Waals surface area contributed by atoms with Crippen LogP contribution in [0.2, 0.25) is 5.02 Å². The summed E-state index contributed by atoms with van der Waals surface area (Å²) in [6.07, 6.45) is 6.03. The molecular formula is C32H37BrClFN4O4. The molecule has 0 bridgehead atoms. The van der Waals surface area contributed by atoms with Crippen LogP contribution in [-0.2, 0) is 16.1 Å². The Balaban J connectivity index is 0.00000506. The number of ether oxygens (including phenoxy) is 1. The third-order valence-electron chi connectivity index (χ3n) is 7.05. The summed E-state index contributed by atoms with van der Waals surface area (Å²) in [5, 5.41) is 6.70. The summed E-state index contributed by atoms with van der Waals surface area (Å²) in [6.45, 7) is 3.45. The maximum Gasteiger partial charge on any atom is 0.256 e. The Morgan fingerprint density at radius 1 is 1.16 bits per heavy atom. The van der Waals surface area contributed by atoms with Gasteiger partial charge in [-0.1, -0.05) is 59.4 Å². The quantitative estimate of drug-likeness (QED) is 0.181. The largest absolute Gasteiger partial charge is 1.00 e. The SMILES string of the molecule is C[N+](C)(CC#CCOC1=NOCC1)CCCCCCNC(=O)c1cn(Cc2ccccc2)c2cc(Cl)c(F)cc2c1=O.[Br-]. The van der Waals surface area contributed by atoms with Crippen LogP contribution < -0.4 is 27.7 Å². The molecule has 1 aromatic heterocycles. The van der Waals surface area contributed by atoms with Crippen molar-refractivity contribution in [2.75, 3.05) is 46.9 Å². The van der Waals surface area contributed by atoms with Gasteiger partial charge in [-0.25, -0.2) is 4.39 Å². The molecule has 0 unspecified atom stereocenters. The number of unbranched alkanes of at least 4 members (excludes halogenated alkanes) is 3. The van der Waals surface area contributed by atoms with Gasteiger partial charge in [-0.05, 0) is 42.9 Å². The molecule has 2 aromatic carbocycles. The third-order valence-corrected chi connectivity index (χ3v) is 7.34. The fraction of sp³-hybridized carbons (Fsp3) is 0.406. The summed E-state index contributed by atoms with van der Waals surface area (Å²) in [5.41, 5.74) is 0.914. The zero-order valence-corrected chi connectivity index (χ0v) is 26.8. The topological polar surface area (TPSA) is 81.9 Å². The van der Waals surface area contributed by atoms with Crippen molar-refractivity contribution in [1.82, 2.24) is 9.88 Å². The molecule has 0 saturated carbocycles. The molecule has 43 heavy (non-hydrogen) atoms. The van der Waals surface area contributed by atoms with Gasteiger partial charge in [-0.15, -0.1) is 0 Å². The van der Waals surface area contributed by atoms with Gasteiger partial charge in [0.25, 0.3) is 5.91 Å². The van der Waals surface area contributed by atoms with E-state index in [4.69, 9.17) is 21.2 Å². The van der Waals surface area contributed by atoms with E-state index in [1.807, 2.05) is 30.3 Å². The van der Waals surface area contributed by atoms with Crippen molar-refractivity contribution in [2.45, 2.75) is 38.6 Å². The molecule has 1 aliphatic heterocycles. The monoisotopic (exact) mass is 674 g/mol. The minimum absolute atomic E-state index is 0. The van der Waals surface area contributed by atoms with Gasteiger partial charge >= 0.3 is 0 Å². The second kappa shape index (κ2) is 16.5. The number of carbonyl (C=O) groups is 1. The minimum atomic E-state index is -0.696. The molecule has 0 fully saturated rings. The van der Waals surface area contributed by atoms with E-state index in [1.54, 1.807) is 4.57 Å². The van der Waals surface area contributed by atoms with Gasteiger partial charge < -0.3 is 40.9 Å². The number of aromatic nitrogens is 1. The zero-order chi connectivity index (χ0) is 30.0. The average molecular weight is 676 g/mol. The number of fused-ring (bicyclic) bond motifs is 1. The number of amides is 1. The molecule has 2 heterocycles. The second-order valence-corrected chi connectivity index (χ2v) is 11.4. The molecular weight excluding hydrogens is 639 g/mol. The lowest BCUT2D eigenvalue weighted by atomic mass is 10.1. The van der Waals surface area contributed by atoms with Gasteiger partial charge in [0.15, 0.2) is 6.61 Å². The molecule has 3 aromatic rings. The first-order valence-electron chi connectivity index (χ1n) is 14.2. The van der Waals surface area contributed by atoms with E-state index >= 15 is 0 Å². The van der Waals surface area contributed by atoms with Crippen molar-refractivity contribution >= 4 is 34.3 Å². The molecule has 0 spiro atoms. The molecule has 0 radical (unpaired) electrons. The fourth-order valence-electron chi connectivity index (χ4n) is 4.69. The Hall–Kier alpha value is -3.39. The Bertz CT molecular complexity index is 1550. The van der Waals surface area contributed by atoms with Crippen LogP contribution >= 0.6 is 11.6 Å². The molecule has 11 heteroatoms. The van der Waals surface area contributed by atoms with Crippen LogP contribution in [0, 0.1) is 17.7 Å². The maximum absolute atomic E-state index is 14.3. The van der Waals surface area contributed by atoms with Gasteiger partial charge in [0.05, 0.1) is 37.6 Å². The van der Waals surface area contributed by atoms with Crippen LogP contribution in [0.15, 0.2) is 58.6 Å². The normalized spacial score (nSPS) is 12.5. The molecule has 0 atom stereocenters. The van der Waals surface area contributed by atoms with E-state index in [9.17, 15) is 14.0 Å². The smallest absolute Gasteiger partial charge is 0.256 e. The van der Waals surface area contributed by atoms with Crippen LogP contribution in [0.25, 0.3) is 10.9 Å². The number of oxime groups is 1. The highest BCUT2D eigenvalue weighted by Crippen LogP contribution is 2.22. The highest BCUT2D eigenvalue weighted by molar-refractivity contribution is 6.31. The first kappa shape index (κ1) is 34.1. The zero-order valence-electron chi connectivity index (χ0n) is 24.5. The van der Waals surface area contributed by atoms with Crippen molar-refractivity contribution in [1.29, 1.82) is 0 Å². The van der Waals surface area contributed by atoms with Crippen LogP contribution in [0.3, 0.4) is 0 Å². The van der Waals surface area contributed by atoms with E-state index < -0.39 is 17.2 Å². The molecule has 1 amide bonds. The molecule has 0 aliphatic carbocycles. The molecule has 4 rings (SSSR count). The van der Waals surface area contributed by atoms with E-state index in [2.05, 4.69) is 36.4 Å². The van der Waals surface area contributed by atoms with Gasteiger partial charge in [-0.2, -0.15) is 0 Å². The summed E-state index contributed by atoms with van der Waals surface area (Å²) in [4.78, 5) is 31.1. The second-order valence-electron chi connectivity index (χ2n) is 11.0. The first-order valence-corrected chi connectivity index (χ1v) is 14.5. The summed E-state index contributed by atoms with van der Waals surface area (Å²) in [5.74, 6) is 5.65. The predicted octanol–water partition coefficient (Wildman–Crippen LogP) is 1.97. The third kappa shape index (κ3) is 10.1. The Morgan fingerprint density at radius 3 is 2.67 bits per heavy atom. The number of carbonyl (C=O) groups excluding carboxylic acids is 1. The number of rotatable bonds is 12. The summed E-state index contributed by atoms with van der Waals surface area (Å²) in [7, 11) is 4.30. The van der Waals surface area contributed by atoms with E-state index in [1.165, 1.54) is 12.3 Å². The lowest BCUT2D eigenvalue weighted by molar-refractivity contribution is -0.883. The maximum atomic E-state index is 14.3. The summed E-state index contributed by atoms with van der Waals surface area (Å²) in [6, 6.07) is 12.2. The van der Waals surface area contributed by atoms with Crippen molar-refractivity contribution in [3.63, 3.8) is 0 Å². The van der Waals surface area contributed by atoms with E-state index in [0.717, 1.165) is 54.9 Å². The van der Waals surface area contributed by atoms with Gasteiger partial charge in [-0.3, -0.25) is 9.59 Å². The number of hydrogen-bond donors (Lipinski definition) is 1. The van der Waals surface area contributed by atoms with Crippen molar-refractivity contribution in [2.24, 2.45) is 5.16 Å². The standard InChI is InChI=1S/C32H36ClFN4O4.BrH/c1-38(2,17-10-11-18-41-30-14-19-42-36-30)16-9-4-3-8-15-35-32(40)26-23-37(22-24-12-6-5-7-13-24)29-21-27(33)28(34)20-25(29)31(26)39;/h5-7,12-13,20-21,23H,3-4,8-9,14-19,22H2,1-2H3;1H. The van der Waals surface area contributed by atoms with Crippen molar-refractivity contribution in [3.05, 3.63) is 80.9 Å². The van der Waals surface area contributed by atoms with E-state index in [-0.39, 0.29) is 33.0 Å². The fourth-order valence-corrected chi connectivity index (χ4v) is 4.85. The molecule has 0 saturated heterocycles. The van der Waals surface area contributed by atoms with Gasteiger partial charge in [0, 0.05) is 24.7 Å². The average Bonchev–Trinajstić information content (AvgIpc) is 3.49. The van der Waals surface area contributed by atoms with Crippen LogP contribution in [0.4, 0.5) is 4.39 Å². The number of halogens is 3. The molecule has 230 valence electrons. The molecule has 8 nitrogen and oxygen atoms in total. The Morgan fingerprint density at radius 2 is 1.93 bits per heavy atom. The molecule has 1 N–H and O–H groups in total. The predicted molar refractivity (Wildman–Crippen MR) is 163 cm³/mol. The number of pyridine rings is 1. The lowest BCUT2D eigenvalue weighted by Gasteiger charge is -2.27. The van der Waals surface area contributed by atoms with Crippen molar-refractivity contribution in [3.8, 4) is 11.8 Å². The number of nitrogens with one attached hydrogen (secondary N) is 1. The number of hydrogen-bond acceptors (Lipinski definition) is 5. The van der Waals surface area contributed by atoms with Crippen LogP contribution in [0.1, 0.15) is 48.0 Å². The number of nitrogens with zero attached hydrogens (tertiary/aromatic N) is 3.